The Morgan fingerprint density at radius 3 is 1.52 bits per heavy atom. The van der Waals surface area contributed by atoms with Gasteiger partial charge in [0.2, 0.25) is 47.3 Å². The molecule has 0 bridgehead atoms. The van der Waals surface area contributed by atoms with Gasteiger partial charge in [-0.15, -0.1) is 0 Å². The third-order valence-corrected chi connectivity index (χ3v) is 19.9. The molecule has 0 saturated carbocycles. The van der Waals surface area contributed by atoms with Crippen molar-refractivity contribution in [3.05, 3.63) is 23.8 Å². The zero-order valence-corrected chi connectivity index (χ0v) is 60.2. The summed E-state index contributed by atoms with van der Waals surface area (Å²) in [5, 5.41) is 112. The molecule has 16 N–H and O–H groups in total. The molecule has 29 heteroatoms. The lowest BCUT2D eigenvalue weighted by Gasteiger charge is -2.34. The van der Waals surface area contributed by atoms with E-state index in [4.69, 9.17) is 5.73 Å². The molecule has 3 fully saturated rings. The molecule has 16 atom stereocenters. The Labute approximate surface area is 593 Å². The van der Waals surface area contributed by atoms with Crippen LogP contribution < -0.4 is 36.5 Å². The fraction of sp³-hybridized carbons (Fsp3) is 0.803. The number of nitrogens with one attached hydrogen (secondary N) is 5. The number of primary amides is 1. The Morgan fingerprint density at radius 2 is 1.06 bits per heavy atom. The lowest BCUT2D eigenvalue weighted by molar-refractivity contribution is -0.149. The molecule has 572 valence electrons. The Balaban J connectivity index is 1.33. The van der Waals surface area contributed by atoms with Crippen LogP contribution in [0.15, 0.2) is 18.2 Å². The van der Waals surface area contributed by atoms with Crippen molar-refractivity contribution in [3.8, 4) is 11.5 Å². The first-order valence-corrected chi connectivity index (χ1v) is 38.2. The SMILES string of the molecule is CCCCCCCCCCCCCCCCCCCCCCCCCCCCCCCCCCCC(=O)NC1CC(O)C(O)NC(=O)C2C(O)C(C)CN2C(=O)C(C(O)CC(N)=O)NC(=O)C(C(O)C(O)c2ccc(O)c(OS(=O)[O-])c2)NC(=O)C2CC(O)CN2C(=O)C(C(C)O)NC1=O. The van der Waals surface area contributed by atoms with Crippen molar-refractivity contribution in [2.75, 3.05) is 13.1 Å². The zero-order chi connectivity index (χ0) is 73.7. The summed E-state index contributed by atoms with van der Waals surface area (Å²) in [6, 6.07) is -10.0. The molecule has 3 saturated heterocycles. The van der Waals surface area contributed by atoms with Crippen LogP contribution in [0.1, 0.15) is 270 Å². The number of fused-ring (bicyclic) bond motifs is 2. The van der Waals surface area contributed by atoms with Gasteiger partial charge in [0.1, 0.15) is 65.9 Å². The third kappa shape index (κ3) is 30.7. The van der Waals surface area contributed by atoms with Gasteiger partial charge in [-0.1, -0.05) is 225 Å². The molecule has 0 aromatic heterocycles. The molecule has 8 amide bonds. The topological polar surface area (TPSA) is 461 Å². The van der Waals surface area contributed by atoms with Crippen LogP contribution in [-0.4, -0.2) is 204 Å². The first kappa shape index (κ1) is 86.8. The highest BCUT2D eigenvalue weighted by molar-refractivity contribution is 7.74. The minimum atomic E-state index is -3.29. The van der Waals surface area contributed by atoms with E-state index in [2.05, 4.69) is 37.7 Å². The maximum atomic E-state index is 14.7. The first-order chi connectivity index (χ1) is 47.8. The molecule has 100 heavy (non-hydrogen) atoms. The molecule has 28 nitrogen and oxygen atoms in total. The van der Waals surface area contributed by atoms with E-state index in [0.29, 0.717) is 22.6 Å². The predicted molar refractivity (Wildman–Crippen MR) is 372 cm³/mol. The van der Waals surface area contributed by atoms with Crippen LogP contribution in [0.5, 0.6) is 11.5 Å². The fourth-order valence-corrected chi connectivity index (χ4v) is 13.9. The van der Waals surface area contributed by atoms with Gasteiger partial charge in [-0.2, -0.15) is 0 Å². The number of aromatic hydroxyl groups is 1. The van der Waals surface area contributed by atoms with Crippen LogP contribution in [0.3, 0.4) is 0 Å². The monoisotopic (exact) mass is 1440 g/mol. The van der Waals surface area contributed by atoms with Crippen molar-refractivity contribution < 1.29 is 97.3 Å². The lowest BCUT2D eigenvalue weighted by Crippen LogP contribution is -2.64. The van der Waals surface area contributed by atoms with Crippen molar-refractivity contribution >= 4 is 58.6 Å². The van der Waals surface area contributed by atoms with Crippen LogP contribution >= 0.6 is 0 Å². The number of hydrogen-bond donors (Lipinski definition) is 15. The summed E-state index contributed by atoms with van der Waals surface area (Å²) in [6.45, 7) is 3.58. The number of phenolic OH excluding ortho intramolecular Hbond substituents is 1. The van der Waals surface area contributed by atoms with E-state index in [1.165, 1.54) is 174 Å². The Morgan fingerprint density at radius 1 is 0.610 bits per heavy atom. The van der Waals surface area contributed by atoms with E-state index in [-0.39, 0.29) is 6.42 Å². The summed E-state index contributed by atoms with van der Waals surface area (Å²) in [7, 11) is 0. The van der Waals surface area contributed by atoms with E-state index in [9.17, 15) is 93.1 Å². The van der Waals surface area contributed by atoms with Gasteiger partial charge in [0.15, 0.2) is 17.7 Å². The number of benzene rings is 1. The van der Waals surface area contributed by atoms with Crippen molar-refractivity contribution in [2.45, 2.75) is 344 Å². The largest absolute Gasteiger partial charge is 0.740 e. The number of hydrogen-bond acceptors (Lipinski definition) is 20. The number of aliphatic hydroxyl groups is 8. The number of carbonyl (C=O) groups excluding carboxylic acids is 8. The standard InChI is InChI=1S/C71H122N8O20S/c1-4-5-6-7-8-9-10-11-12-13-14-15-16-17-18-19-20-21-22-23-24-25-26-27-28-29-30-31-32-33-34-35-36-37-57(86)73-50-42-54(84)67(92)77-69(94)61-62(87)46(2)44-79(61)71(96)59(53(83)43-56(72)85)75-68(93)60(64(89)63(88)48-38-39-52(82)55(40-48)99-100(97)98)76-66(91)51-41-49(81)45-78(51)70(95)58(47(3)80)74-65(50)90/h38-40,46-47,49-51,53-54,58-64,67,80-84,87-89,92H,4-37,41-45H2,1-3H3,(H2,72,85)(H,73,86)(H,74,90)(H,75,93)(H,76,91)(H,77,94)(H,97,98)/p-1. The summed E-state index contributed by atoms with van der Waals surface area (Å²) in [5.41, 5.74) is 4.90. The van der Waals surface area contributed by atoms with Crippen molar-refractivity contribution in [1.29, 1.82) is 0 Å². The van der Waals surface area contributed by atoms with Crippen LogP contribution in [-0.2, 0) is 49.7 Å². The van der Waals surface area contributed by atoms with Gasteiger partial charge in [-0.3, -0.25) is 38.4 Å². The smallest absolute Gasteiger partial charge is 0.248 e. The number of unbranched alkanes of at least 4 members (excludes halogenated alkanes) is 32. The number of rotatable bonds is 44. The van der Waals surface area contributed by atoms with Crippen LogP contribution in [0.25, 0.3) is 0 Å². The number of nitrogens with two attached hydrogens (primary N) is 1. The average Bonchev–Trinajstić information content (AvgIpc) is 1.64. The molecule has 3 heterocycles. The summed E-state index contributed by atoms with van der Waals surface area (Å²) >= 11 is -3.29. The second kappa shape index (κ2) is 47.6. The molecule has 16 unspecified atom stereocenters. The highest BCUT2D eigenvalue weighted by atomic mass is 32.2. The predicted octanol–water partition coefficient (Wildman–Crippen LogP) is 4.17. The van der Waals surface area contributed by atoms with E-state index in [0.717, 1.165) is 57.2 Å². The van der Waals surface area contributed by atoms with Gasteiger partial charge in [0.25, 0.3) is 0 Å². The van der Waals surface area contributed by atoms with Gasteiger partial charge >= 0.3 is 0 Å². The summed E-state index contributed by atoms with van der Waals surface area (Å²) in [5.74, 6) is -12.7. The lowest BCUT2D eigenvalue weighted by atomic mass is 9.96. The van der Waals surface area contributed by atoms with E-state index < -0.39 is 199 Å². The molecule has 3 aliphatic rings. The first-order valence-electron chi connectivity index (χ1n) is 37.2. The molecule has 1 aromatic rings. The molecule has 3 aliphatic heterocycles. The molecule has 0 aliphatic carbocycles. The number of phenols is 1. The Hall–Kier alpha value is -5.63. The number of amides is 8. The second-order valence-electron chi connectivity index (χ2n) is 28.1. The van der Waals surface area contributed by atoms with Gasteiger partial charge in [-0.05, 0) is 31.0 Å². The summed E-state index contributed by atoms with van der Waals surface area (Å²) in [6.07, 6.45) is 22.0. The molecular formula is C71H121N8O20S-. The maximum absolute atomic E-state index is 14.7. The zero-order valence-electron chi connectivity index (χ0n) is 59.4. The number of nitrogens with zero attached hydrogens (tertiary/aromatic N) is 2. The number of aliphatic hydroxyl groups excluding tert-OH is 8. The van der Waals surface area contributed by atoms with E-state index in [1.54, 1.807) is 0 Å². The molecule has 0 radical (unpaired) electrons. The van der Waals surface area contributed by atoms with E-state index >= 15 is 0 Å². The van der Waals surface area contributed by atoms with Crippen LogP contribution in [0.2, 0.25) is 0 Å². The van der Waals surface area contributed by atoms with Crippen molar-refractivity contribution in [3.63, 3.8) is 0 Å². The maximum Gasteiger partial charge on any atom is 0.248 e. The highest BCUT2D eigenvalue weighted by Crippen LogP contribution is 2.33. The van der Waals surface area contributed by atoms with Crippen LogP contribution in [0, 0.1) is 5.92 Å². The molecular weight excluding hydrogens is 1320 g/mol. The molecule has 0 spiro atoms. The Bertz CT molecular complexity index is 2660. The summed E-state index contributed by atoms with van der Waals surface area (Å²) < 4.78 is 27.3. The highest BCUT2D eigenvalue weighted by Gasteiger charge is 2.51. The Kier molecular flexibility index (Phi) is 41.3. The van der Waals surface area contributed by atoms with E-state index in [1.807, 2.05) is 0 Å². The fourth-order valence-electron chi connectivity index (χ4n) is 13.6. The quantitative estimate of drug-likeness (QED) is 0.0322. The average molecular weight is 1440 g/mol. The van der Waals surface area contributed by atoms with Crippen LogP contribution in [0.4, 0.5) is 0 Å². The van der Waals surface area contributed by atoms with Gasteiger partial charge in [0.05, 0.1) is 30.8 Å². The van der Waals surface area contributed by atoms with Gasteiger partial charge in [-0.25, -0.2) is 4.21 Å². The minimum absolute atomic E-state index is 0.102. The van der Waals surface area contributed by atoms with Gasteiger partial charge in [0, 0.05) is 38.3 Å². The third-order valence-electron chi connectivity index (χ3n) is 19.6. The molecule has 1 aromatic carbocycles. The second-order valence-corrected chi connectivity index (χ2v) is 28.7. The summed E-state index contributed by atoms with van der Waals surface area (Å²) in [4.78, 5) is 114. The van der Waals surface area contributed by atoms with Crippen molar-refractivity contribution in [1.82, 2.24) is 36.4 Å². The minimum Gasteiger partial charge on any atom is -0.740 e. The normalized spacial score (nSPS) is 25.1. The number of carbonyl (C=O) groups is 8. The van der Waals surface area contributed by atoms with Gasteiger partial charge < -0.3 is 96.8 Å². The van der Waals surface area contributed by atoms with Crippen molar-refractivity contribution in [2.24, 2.45) is 11.7 Å². The molecule has 4 rings (SSSR count).